The third-order valence-electron chi connectivity index (χ3n) is 3.02. The van der Waals surface area contributed by atoms with Crippen LogP contribution in [0.15, 0.2) is 54.6 Å². The summed E-state index contributed by atoms with van der Waals surface area (Å²) in [6, 6.07) is 17.6. The van der Waals surface area contributed by atoms with Crippen LogP contribution in [0.5, 0.6) is 5.75 Å². The maximum Gasteiger partial charge on any atom is 0.224 e. The lowest BCUT2D eigenvalue weighted by Crippen LogP contribution is -2.28. The normalized spacial score (nSPS) is 10.1. The molecule has 0 N–H and O–H groups in total. The Morgan fingerprint density at radius 2 is 1.70 bits per heavy atom. The summed E-state index contributed by atoms with van der Waals surface area (Å²) in [5, 5.41) is 0. The van der Waals surface area contributed by atoms with Gasteiger partial charge in [0.1, 0.15) is 5.75 Å². The highest BCUT2D eigenvalue weighted by Crippen LogP contribution is 2.29. The van der Waals surface area contributed by atoms with Crippen molar-refractivity contribution in [3.8, 4) is 5.75 Å². The molecule has 0 fully saturated rings. The van der Waals surface area contributed by atoms with E-state index in [1.807, 2.05) is 61.5 Å². The molecule has 0 saturated heterocycles. The zero-order valence-electron chi connectivity index (χ0n) is 11.9. The first kappa shape index (κ1) is 14.1. The van der Waals surface area contributed by atoms with Crippen molar-refractivity contribution >= 4 is 11.6 Å². The Hall–Kier alpha value is -2.29. The van der Waals surface area contributed by atoms with Crippen molar-refractivity contribution in [2.45, 2.75) is 20.4 Å². The minimum absolute atomic E-state index is 0.000932. The van der Waals surface area contributed by atoms with E-state index in [0.717, 1.165) is 17.0 Å². The number of rotatable bonds is 5. The number of nitrogens with zero attached hydrogens (tertiary/aromatic N) is 1. The highest BCUT2D eigenvalue weighted by atomic mass is 16.5. The van der Waals surface area contributed by atoms with Gasteiger partial charge in [-0.3, -0.25) is 4.79 Å². The van der Waals surface area contributed by atoms with Crippen molar-refractivity contribution < 1.29 is 9.53 Å². The summed E-state index contributed by atoms with van der Waals surface area (Å²) in [4.78, 5) is 13.7. The average molecular weight is 269 g/mol. The summed E-state index contributed by atoms with van der Waals surface area (Å²) < 4.78 is 5.61. The van der Waals surface area contributed by atoms with Gasteiger partial charge in [0.15, 0.2) is 0 Å². The molecule has 0 aliphatic rings. The minimum Gasteiger partial charge on any atom is -0.492 e. The number of ether oxygens (including phenoxy) is 1. The van der Waals surface area contributed by atoms with Gasteiger partial charge in [-0.2, -0.15) is 0 Å². The Morgan fingerprint density at radius 1 is 1.05 bits per heavy atom. The molecule has 0 heterocycles. The Balaban J connectivity index is 2.32. The minimum atomic E-state index is 0.000932. The number of anilines is 1. The molecule has 1 amide bonds. The van der Waals surface area contributed by atoms with E-state index in [-0.39, 0.29) is 5.91 Å². The fourth-order valence-corrected chi connectivity index (χ4v) is 2.09. The third-order valence-corrected chi connectivity index (χ3v) is 3.02. The van der Waals surface area contributed by atoms with Crippen LogP contribution in [0.4, 0.5) is 5.69 Å². The first-order valence-corrected chi connectivity index (χ1v) is 6.76. The quantitative estimate of drug-likeness (QED) is 0.829. The molecule has 0 aliphatic heterocycles. The maximum atomic E-state index is 12.0. The highest BCUT2D eigenvalue weighted by Gasteiger charge is 2.16. The van der Waals surface area contributed by atoms with Crippen LogP contribution in [0.3, 0.4) is 0 Å². The topological polar surface area (TPSA) is 29.5 Å². The molecule has 0 saturated carbocycles. The van der Waals surface area contributed by atoms with E-state index < -0.39 is 0 Å². The van der Waals surface area contributed by atoms with Crippen LogP contribution in [0.2, 0.25) is 0 Å². The van der Waals surface area contributed by atoms with Crippen LogP contribution in [-0.4, -0.2) is 12.5 Å². The molecule has 20 heavy (non-hydrogen) atoms. The lowest BCUT2D eigenvalue weighted by molar-refractivity contribution is -0.116. The van der Waals surface area contributed by atoms with Crippen molar-refractivity contribution in [2.24, 2.45) is 0 Å². The largest absolute Gasteiger partial charge is 0.492 e. The van der Waals surface area contributed by atoms with Gasteiger partial charge in [-0.15, -0.1) is 0 Å². The van der Waals surface area contributed by atoms with Crippen LogP contribution < -0.4 is 9.64 Å². The second-order valence-corrected chi connectivity index (χ2v) is 4.49. The highest BCUT2D eigenvalue weighted by molar-refractivity contribution is 5.93. The predicted octanol–water partition coefficient (Wildman–Crippen LogP) is 3.64. The van der Waals surface area contributed by atoms with Crippen molar-refractivity contribution in [3.63, 3.8) is 0 Å². The smallest absolute Gasteiger partial charge is 0.224 e. The zero-order valence-corrected chi connectivity index (χ0v) is 11.9. The molecule has 0 aliphatic carbocycles. The van der Waals surface area contributed by atoms with Crippen molar-refractivity contribution in [1.82, 2.24) is 0 Å². The molecular formula is C17H19NO2. The van der Waals surface area contributed by atoms with Crippen LogP contribution >= 0.6 is 0 Å². The van der Waals surface area contributed by atoms with E-state index in [4.69, 9.17) is 4.74 Å². The molecule has 0 spiro atoms. The number of hydrogen-bond acceptors (Lipinski definition) is 2. The second kappa shape index (κ2) is 6.75. The second-order valence-electron chi connectivity index (χ2n) is 4.49. The van der Waals surface area contributed by atoms with E-state index in [2.05, 4.69) is 0 Å². The standard InChI is InChI=1S/C17H19NO2/c1-3-20-17-12-8-7-11-16(17)18(14(2)19)13-15-9-5-4-6-10-15/h4-12H,3,13H2,1-2H3. The number of hydrogen-bond donors (Lipinski definition) is 0. The van der Waals surface area contributed by atoms with Crippen LogP contribution in [0.1, 0.15) is 19.4 Å². The molecule has 0 atom stereocenters. The molecule has 104 valence electrons. The molecule has 2 aromatic carbocycles. The van der Waals surface area contributed by atoms with Gasteiger partial charge in [-0.1, -0.05) is 42.5 Å². The summed E-state index contributed by atoms with van der Waals surface area (Å²) in [5.74, 6) is 0.738. The first-order chi connectivity index (χ1) is 9.72. The van der Waals surface area contributed by atoms with Gasteiger partial charge in [0.05, 0.1) is 18.8 Å². The monoisotopic (exact) mass is 269 g/mol. The van der Waals surface area contributed by atoms with Crippen molar-refractivity contribution in [2.75, 3.05) is 11.5 Å². The van der Waals surface area contributed by atoms with Gasteiger partial charge in [-0.25, -0.2) is 0 Å². The number of benzene rings is 2. The Labute approximate surface area is 119 Å². The summed E-state index contributed by atoms with van der Waals surface area (Å²) in [6.07, 6.45) is 0. The SMILES string of the molecule is CCOc1ccccc1N(Cc1ccccc1)C(C)=O. The molecule has 2 rings (SSSR count). The summed E-state index contributed by atoms with van der Waals surface area (Å²) in [7, 11) is 0. The van der Waals surface area contributed by atoms with Gasteiger partial charge >= 0.3 is 0 Å². The molecular weight excluding hydrogens is 250 g/mol. The van der Waals surface area contributed by atoms with E-state index in [1.165, 1.54) is 0 Å². The maximum absolute atomic E-state index is 12.0. The zero-order chi connectivity index (χ0) is 14.4. The Morgan fingerprint density at radius 3 is 2.35 bits per heavy atom. The van der Waals surface area contributed by atoms with E-state index >= 15 is 0 Å². The molecule has 0 aromatic heterocycles. The number of carbonyl (C=O) groups excluding carboxylic acids is 1. The van der Waals surface area contributed by atoms with E-state index in [0.29, 0.717) is 13.2 Å². The Kier molecular flexibility index (Phi) is 4.77. The van der Waals surface area contributed by atoms with Gasteiger partial charge in [-0.05, 0) is 24.6 Å². The number of amides is 1. The van der Waals surface area contributed by atoms with Crippen molar-refractivity contribution in [1.29, 1.82) is 0 Å². The summed E-state index contributed by atoms with van der Waals surface area (Å²) in [6.45, 7) is 4.63. The summed E-state index contributed by atoms with van der Waals surface area (Å²) >= 11 is 0. The molecule has 0 radical (unpaired) electrons. The molecule has 0 unspecified atom stereocenters. The lowest BCUT2D eigenvalue weighted by Gasteiger charge is -2.23. The first-order valence-electron chi connectivity index (χ1n) is 6.76. The molecule has 0 bridgehead atoms. The van der Waals surface area contributed by atoms with Gasteiger partial charge in [0.25, 0.3) is 0 Å². The number of para-hydroxylation sites is 2. The fourth-order valence-electron chi connectivity index (χ4n) is 2.09. The van der Waals surface area contributed by atoms with E-state index in [9.17, 15) is 4.79 Å². The van der Waals surface area contributed by atoms with Crippen LogP contribution in [-0.2, 0) is 11.3 Å². The van der Waals surface area contributed by atoms with Crippen LogP contribution in [0.25, 0.3) is 0 Å². The lowest BCUT2D eigenvalue weighted by atomic mass is 10.2. The van der Waals surface area contributed by atoms with Gasteiger partial charge < -0.3 is 9.64 Å². The Bertz CT molecular complexity index is 566. The molecule has 3 heteroatoms. The fraction of sp³-hybridized carbons (Fsp3) is 0.235. The number of carbonyl (C=O) groups is 1. The van der Waals surface area contributed by atoms with Crippen LogP contribution in [0, 0.1) is 0 Å². The van der Waals surface area contributed by atoms with Gasteiger partial charge in [0, 0.05) is 6.92 Å². The molecule has 3 nitrogen and oxygen atoms in total. The predicted molar refractivity (Wildman–Crippen MR) is 80.9 cm³/mol. The summed E-state index contributed by atoms with van der Waals surface area (Å²) in [5.41, 5.74) is 1.90. The van der Waals surface area contributed by atoms with E-state index in [1.54, 1.807) is 11.8 Å². The van der Waals surface area contributed by atoms with Gasteiger partial charge in [0.2, 0.25) is 5.91 Å². The van der Waals surface area contributed by atoms with Crippen molar-refractivity contribution in [3.05, 3.63) is 60.2 Å². The average Bonchev–Trinajstić information content (AvgIpc) is 2.47. The third kappa shape index (κ3) is 3.38. The molecule has 2 aromatic rings.